The fraction of sp³-hybridized carbons (Fsp3) is 0.286. The molecule has 0 bridgehead atoms. The predicted octanol–water partition coefficient (Wildman–Crippen LogP) is 5.13. The van der Waals surface area contributed by atoms with Crippen LogP contribution in [-0.2, 0) is 11.8 Å². The number of ether oxygens (including phenoxy) is 1. The molecular weight excluding hydrogens is 282 g/mol. The molecule has 0 amide bonds. The first-order chi connectivity index (χ1) is 11.0. The van der Waals surface area contributed by atoms with E-state index in [4.69, 9.17) is 4.74 Å². The van der Waals surface area contributed by atoms with E-state index in [-0.39, 0.29) is 5.41 Å². The molecule has 1 aliphatic rings. The van der Waals surface area contributed by atoms with Crippen LogP contribution in [0.25, 0.3) is 22.0 Å². The van der Waals surface area contributed by atoms with E-state index in [0.29, 0.717) is 0 Å². The number of para-hydroxylation sites is 1. The van der Waals surface area contributed by atoms with Crippen LogP contribution in [0.1, 0.15) is 31.9 Å². The molecule has 2 aromatic carbocycles. The molecule has 3 aromatic rings. The van der Waals surface area contributed by atoms with Gasteiger partial charge in [-0.15, -0.1) is 0 Å². The zero-order valence-corrected chi connectivity index (χ0v) is 13.9. The van der Waals surface area contributed by atoms with Crippen LogP contribution in [0.5, 0.6) is 5.88 Å². The van der Waals surface area contributed by atoms with Gasteiger partial charge >= 0.3 is 0 Å². The topological polar surface area (TPSA) is 22.1 Å². The Morgan fingerprint density at radius 2 is 1.70 bits per heavy atom. The van der Waals surface area contributed by atoms with Crippen LogP contribution in [0.15, 0.2) is 48.5 Å². The Bertz CT molecular complexity index is 873. The SMILES string of the molecule is CC(C)(C)c1ccc(-c2c3c(nc4ccccc24)OCC3)cc1. The second-order valence-electron chi connectivity index (χ2n) is 7.21. The van der Waals surface area contributed by atoms with Crippen molar-refractivity contribution >= 4 is 10.9 Å². The number of rotatable bonds is 1. The number of hydrogen-bond donors (Lipinski definition) is 0. The molecule has 1 aliphatic heterocycles. The molecular formula is C21H21NO. The second-order valence-corrected chi connectivity index (χ2v) is 7.21. The highest BCUT2D eigenvalue weighted by atomic mass is 16.5. The zero-order valence-electron chi connectivity index (χ0n) is 13.9. The normalized spacial score (nSPS) is 13.9. The Labute approximate surface area is 137 Å². The third-order valence-corrected chi connectivity index (χ3v) is 4.59. The monoisotopic (exact) mass is 303 g/mol. The summed E-state index contributed by atoms with van der Waals surface area (Å²) < 4.78 is 5.74. The van der Waals surface area contributed by atoms with Gasteiger partial charge in [-0.2, -0.15) is 0 Å². The first kappa shape index (κ1) is 14.3. The van der Waals surface area contributed by atoms with Crippen molar-refractivity contribution in [2.75, 3.05) is 6.61 Å². The molecule has 1 aromatic heterocycles. The van der Waals surface area contributed by atoms with E-state index in [9.17, 15) is 0 Å². The summed E-state index contributed by atoms with van der Waals surface area (Å²) in [5.41, 5.74) is 6.30. The Hall–Kier alpha value is -2.35. The largest absolute Gasteiger partial charge is 0.477 e. The van der Waals surface area contributed by atoms with Crippen molar-refractivity contribution in [2.24, 2.45) is 0 Å². The van der Waals surface area contributed by atoms with E-state index in [0.717, 1.165) is 24.4 Å². The number of aromatic nitrogens is 1. The molecule has 0 aliphatic carbocycles. The molecule has 0 unspecified atom stereocenters. The van der Waals surface area contributed by atoms with Gasteiger partial charge in [0, 0.05) is 17.4 Å². The molecule has 4 rings (SSSR count). The van der Waals surface area contributed by atoms with E-state index in [1.165, 1.54) is 27.6 Å². The van der Waals surface area contributed by atoms with Gasteiger partial charge in [0.15, 0.2) is 0 Å². The lowest BCUT2D eigenvalue weighted by Gasteiger charge is -2.19. The van der Waals surface area contributed by atoms with Gasteiger partial charge in [0.25, 0.3) is 0 Å². The number of pyridine rings is 1. The van der Waals surface area contributed by atoms with Crippen molar-refractivity contribution < 1.29 is 4.74 Å². The van der Waals surface area contributed by atoms with Crippen LogP contribution in [0.2, 0.25) is 0 Å². The molecule has 0 atom stereocenters. The van der Waals surface area contributed by atoms with Gasteiger partial charge in [0.1, 0.15) is 0 Å². The van der Waals surface area contributed by atoms with E-state index in [1.54, 1.807) is 0 Å². The standard InChI is InChI=1S/C21H21NO/c1-21(2,3)15-10-8-14(9-11-15)19-16-6-4-5-7-18(16)22-20-17(19)12-13-23-20/h4-11H,12-13H2,1-3H3. The summed E-state index contributed by atoms with van der Waals surface area (Å²) in [7, 11) is 0. The molecule has 116 valence electrons. The van der Waals surface area contributed by atoms with Crippen molar-refractivity contribution in [3.8, 4) is 17.0 Å². The summed E-state index contributed by atoms with van der Waals surface area (Å²) in [4.78, 5) is 4.68. The summed E-state index contributed by atoms with van der Waals surface area (Å²) in [5, 5.41) is 1.21. The maximum absolute atomic E-state index is 5.74. The third-order valence-electron chi connectivity index (χ3n) is 4.59. The van der Waals surface area contributed by atoms with Crippen molar-refractivity contribution in [1.82, 2.24) is 4.98 Å². The molecule has 2 heteroatoms. The molecule has 0 N–H and O–H groups in total. The third kappa shape index (κ3) is 2.39. The van der Waals surface area contributed by atoms with Crippen molar-refractivity contribution in [3.05, 3.63) is 59.7 Å². The van der Waals surface area contributed by atoms with E-state index in [2.05, 4.69) is 68.2 Å². The van der Waals surface area contributed by atoms with Gasteiger partial charge in [-0.3, -0.25) is 0 Å². The van der Waals surface area contributed by atoms with Crippen LogP contribution in [-0.4, -0.2) is 11.6 Å². The van der Waals surface area contributed by atoms with Gasteiger partial charge < -0.3 is 4.74 Å². The minimum atomic E-state index is 0.171. The Morgan fingerprint density at radius 3 is 2.43 bits per heavy atom. The highest BCUT2D eigenvalue weighted by Gasteiger charge is 2.22. The smallest absolute Gasteiger partial charge is 0.217 e. The molecule has 2 nitrogen and oxygen atoms in total. The summed E-state index contributed by atoms with van der Waals surface area (Å²) in [5.74, 6) is 0.804. The van der Waals surface area contributed by atoms with Crippen LogP contribution in [0, 0.1) is 0 Å². The fourth-order valence-electron chi connectivity index (χ4n) is 3.30. The Balaban J connectivity index is 1.95. The minimum absolute atomic E-state index is 0.171. The first-order valence-electron chi connectivity index (χ1n) is 8.19. The van der Waals surface area contributed by atoms with Crippen LogP contribution in [0.3, 0.4) is 0 Å². The molecule has 0 fully saturated rings. The summed E-state index contributed by atoms with van der Waals surface area (Å²) in [6, 6.07) is 17.3. The average Bonchev–Trinajstić information content (AvgIpc) is 2.99. The van der Waals surface area contributed by atoms with E-state index < -0.39 is 0 Å². The molecule has 0 spiro atoms. The Morgan fingerprint density at radius 1 is 0.957 bits per heavy atom. The van der Waals surface area contributed by atoms with Crippen LogP contribution in [0.4, 0.5) is 0 Å². The molecule has 0 saturated carbocycles. The number of benzene rings is 2. The molecule has 0 saturated heterocycles. The summed E-state index contributed by atoms with van der Waals surface area (Å²) in [6.07, 6.45) is 0.934. The van der Waals surface area contributed by atoms with Crippen molar-refractivity contribution in [3.63, 3.8) is 0 Å². The van der Waals surface area contributed by atoms with Gasteiger partial charge in [-0.1, -0.05) is 63.2 Å². The molecule has 0 radical (unpaired) electrons. The van der Waals surface area contributed by atoms with Crippen LogP contribution < -0.4 is 4.74 Å². The predicted molar refractivity (Wildman–Crippen MR) is 95.1 cm³/mol. The number of nitrogens with zero attached hydrogens (tertiary/aromatic N) is 1. The van der Waals surface area contributed by atoms with Gasteiger partial charge in [0.05, 0.1) is 12.1 Å². The van der Waals surface area contributed by atoms with E-state index in [1.807, 2.05) is 6.07 Å². The number of fused-ring (bicyclic) bond motifs is 2. The molecule has 2 heterocycles. The summed E-state index contributed by atoms with van der Waals surface area (Å²) in [6.45, 7) is 7.46. The fourth-order valence-corrected chi connectivity index (χ4v) is 3.30. The van der Waals surface area contributed by atoms with Gasteiger partial charge in [-0.05, 0) is 28.2 Å². The minimum Gasteiger partial charge on any atom is -0.477 e. The number of hydrogen-bond acceptors (Lipinski definition) is 2. The van der Waals surface area contributed by atoms with Crippen molar-refractivity contribution in [2.45, 2.75) is 32.6 Å². The molecule has 23 heavy (non-hydrogen) atoms. The highest BCUT2D eigenvalue weighted by Crippen LogP contribution is 2.39. The lowest BCUT2D eigenvalue weighted by Crippen LogP contribution is -2.10. The first-order valence-corrected chi connectivity index (χ1v) is 8.19. The maximum Gasteiger partial charge on any atom is 0.217 e. The lowest BCUT2D eigenvalue weighted by atomic mass is 9.85. The van der Waals surface area contributed by atoms with E-state index >= 15 is 0 Å². The quantitative estimate of drug-likeness (QED) is 0.621. The maximum atomic E-state index is 5.74. The summed E-state index contributed by atoms with van der Waals surface area (Å²) >= 11 is 0. The van der Waals surface area contributed by atoms with Gasteiger partial charge in [-0.25, -0.2) is 4.98 Å². The average molecular weight is 303 g/mol. The van der Waals surface area contributed by atoms with Crippen molar-refractivity contribution in [1.29, 1.82) is 0 Å². The van der Waals surface area contributed by atoms with Gasteiger partial charge in [0.2, 0.25) is 5.88 Å². The second kappa shape index (κ2) is 5.09. The highest BCUT2D eigenvalue weighted by molar-refractivity contribution is 5.97. The Kier molecular flexibility index (Phi) is 3.15. The van der Waals surface area contributed by atoms with Crippen LogP contribution >= 0.6 is 0 Å². The lowest BCUT2D eigenvalue weighted by molar-refractivity contribution is 0.346. The zero-order chi connectivity index (χ0) is 16.0.